The fraction of sp³-hybridized carbons (Fsp3) is 0.182. The molecule has 2 nitrogen and oxygen atoms in total. The minimum absolute atomic E-state index is 0.0682. The molecule has 0 atom stereocenters. The van der Waals surface area contributed by atoms with Gasteiger partial charge in [0.2, 0.25) is 0 Å². The van der Waals surface area contributed by atoms with Gasteiger partial charge in [-0.05, 0) is 19.4 Å². The zero-order valence-electron chi connectivity index (χ0n) is 7.74. The quantitative estimate of drug-likeness (QED) is 0.555. The Morgan fingerprint density at radius 3 is 2.08 bits per heavy atom. The molecule has 0 heterocycles. The maximum absolute atomic E-state index is 11.2. The first-order valence-corrected chi connectivity index (χ1v) is 4.09. The molecule has 13 heavy (non-hydrogen) atoms. The molecular formula is C11H12O2. The van der Waals surface area contributed by atoms with E-state index in [2.05, 4.69) is 0 Å². The summed E-state index contributed by atoms with van der Waals surface area (Å²) in [6.45, 7) is 2.96. The van der Waals surface area contributed by atoms with Gasteiger partial charge < -0.3 is 5.11 Å². The minimum Gasteiger partial charge on any atom is -0.512 e. The second-order valence-electron chi connectivity index (χ2n) is 2.88. The first kappa shape index (κ1) is 9.52. The van der Waals surface area contributed by atoms with Crippen molar-refractivity contribution in [2.75, 3.05) is 0 Å². The number of rotatable bonds is 2. The molecule has 0 aromatic heterocycles. The van der Waals surface area contributed by atoms with Gasteiger partial charge in [-0.3, -0.25) is 4.79 Å². The van der Waals surface area contributed by atoms with Crippen molar-refractivity contribution in [3.05, 3.63) is 41.7 Å². The van der Waals surface area contributed by atoms with Gasteiger partial charge in [0.25, 0.3) is 0 Å². The maximum Gasteiger partial charge on any atom is 0.163 e. The second kappa shape index (κ2) is 3.90. The molecule has 2 heteroatoms. The van der Waals surface area contributed by atoms with Crippen LogP contribution < -0.4 is 0 Å². The molecule has 0 spiro atoms. The molecule has 1 rings (SSSR count). The van der Waals surface area contributed by atoms with E-state index < -0.39 is 0 Å². The lowest BCUT2D eigenvalue weighted by Gasteiger charge is -2.04. The average molecular weight is 176 g/mol. The monoisotopic (exact) mass is 176 g/mol. The SMILES string of the molecule is CC(=O)/C(=C(/C)O)c1ccccc1. The van der Waals surface area contributed by atoms with Crippen molar-refractivity contribution in [1.29, 1.82) is 0 Å². The van der Waals surface area contributed by atoms with Crippen LogP contribution in [0, 0.1) is 0 Å². The van der Waals surface area contributed by atoms with Crippen LogP contribution in [0.15, 0.2) is 36.1 Å². The summed E-state index contributed by atoms with van der Waals surface area (Å²) in [6, 6.07) is 9.14. The highest BCUT2D eigenvalue weighted by molar-refractivity contribution is 6.19. The summed E-state index contributed by atoms with van der Waals surface area (Å²) in [5, 5.41) is 9.29. The van der Waals surface area contributed by atoms with Crippen molar-refractivity contribution >= 4 is 11.4 Å². The normalized spacial score (nSPS) is 12.2. The Kier molecular flexibility index (Phi) is 2.85. The van der Waals surface area contributed by atoms with Crippen LogP contribution in [0.2, 0.25) is 0 Å². The van der Waals surface area contributed by atoms with Crippen LogP contribution in [0.4, 0.5) is 0 Å². The first-order valence-electron chi connectivity index (χ1n) is 4.09. The van der Waals surface area contributed by atoms with Crippen molar-refractivity contribution in [2.45, 2.75) is 13.8 Å². The highest BCUT2D eigenvalue weighted by Gasteiger charge is 2.09. The number of carbonyl (C=O) groups is 1. The number of hydrogen-bond donors (Lipinski definition) is 1. The summed E-state index contributed by atoms with van der Waals surface area (Å²) in [7, 11) is 0. The third-order valence-electron chi connectivity index (χ3n) is 1.78. The third-order valence-corrected chi connectivity index (χ3v) is 1.78. The zero-order chi connectivity index (χ0) is 9.84. The van der Waals surface area contributed by atoms with Crippen molar-refractivity contribution in [2.24, 2.45) is 0 Å². The molecule has 0 aliphatic rings. The van der Waals surface area contributed by atoms with E-state index in [1.165, 1.54) is 13.8 Å². The molecule has 0 saturated heterocycles. The Bertz CT molecular complexity index is 332. The molecule has 0 unspecified atom stereocenters. The zero-order valence-corrected chi connectivity index (χ0v) is 7.74. The van der Waals surface area contributed by atoms with Crippen LogP contribution in [-0.2, 0) is 4.79 Å². The Morgan fingerprint density at radius 1 is 1.15 bits per heavy atom. The second-order valence-corrected chi connectivity index (χ2v) is 2.88. The van der Waals surface area contributed by atoms with E-state index >= 15 is 0 Å². The number of carbonyl (C=O) groups excluding carboxylic acids is 1. The van der Waals surface area contributed by atoms with Gasteiger partial charge in [-0.15, -0.1) is 0 Å². The van der Waals surface area contributed by atoms with E-state index in [1.807, 2.05) is 18.2 Å². The summed E-state index contributed by atoms with van der Waals surface area (Å²) >= 11 is 0. The van der Waals surface area contributed by atoms with Gasteiger partial charge in [-0.2, -0.15) is 0 Å². The van der Waals surface area contributed by atoms with Gasteiger partial charge in [0.05, 0.1) is 5.57 Å². The predicted octanol–water partition coefficient (Wildman–Crippen LogP) is 2.56. The van der Waals surface area contributed by atoms with Crippen LogP contribution in [0.3, 0.4) is 0 Å². The van der Waals surface area contributed by atoms with E-state index in [9.17, 15) is 9.90 Å². The smallest absolute Gasteiger partial charge is 0.163 e. The minimum atomic E-state index is -0.119. The Hall–Kier alpha value is -1.57. The molecule has 0 aliphatic heterocycles. The number of Topliss-reactive ketones (excluding diaryl/α,β-unsaturated/α-hetero) is 1. The molecule has 0 amide bonds. The lowest BCUT2D eigenvalue weighted by Crippen LogP contribution is -1.98. The molecule has 0 fully saturated rings. The van der Waals surface area contributed by atoms with Crippen LogP contribution >= 0.6 is 0 Å². The summed E-state index contributed by atoms with van der Waals surface area (Å²) < 4.78 is 0. The summed E-state index contributed by atoms with van der Waals surface area (Å²) in [5.74, 6) is -0.0510. The van der Waals surface area contributed by atoms with E-state index in [0.717, 1.165) is 5.56 Å². The van der Waals surface area contributed by atoms with E-state index in [4.69, 9.17) is 0 Å². The summed E-state index contributed by atoms with van der Waals surface area (Å²) in [4.78, 5) is 11.2. The summed E-state index contributed by atoms with van der Waals surface area (Å²) in [6.07, 6.45) is 0. The lowest BCUT2D eigenvalue weighted by atomic mass is 10.0. The van der Waals surface area contributed by atoms with Crippen molar-refractivity contribution in [1.82, 2.24) is 0 Å². The molecule has 0 saturated carbocycles. The molecule has 1 aromatic carbocycles. The molecule has 0 radical (unpaired) electrons. The average Bonchev–Trinajstić information content (AvgIpc) is 2.04. The third kappa shape index (κ3) is 2.18. The van der Waals surface area contributed by atoms with Crippen LogP contribution in [0.1, 0.15) is 19.4 Å². The highest BCUT2D eigenvalue weighted by Crippen LogP contribution is 2.17. The van der Waals surface area contributed by atoms with Gasteiger partial charge in [0.15, 0.2) is 5.78 Å². The topological polar surface area (TPSA) is 37.3 Å². The maximum atomic E-state index is 11.2. The standard InChI is InChI=1S/C11H12O2/c1-8(12)11(9(2)13)10-6-4-3-5-7-10/h3-7,12H,1-2H3/b11-8+. The lowest BCUT2D eigenvalue weighted by molar-refractivity contribution is -0.111. The number of allylic oxidation sites excluding steroid dienone is 2. The Labute approximate surface area is 77.5 Å². The number of hydrogen-bond acceptors (Lipinski definition) is 2. The largest absolute Gasteiger partial charge is 0.512 e. The number of benzene rings is 1. The van der Waals surface area contributed by atoms with E-state index in [-0.39, 0.29) is 11.5 Å². The number of aliphatic hydroxyl groups is 1. The van der Waals surface area contributed by atoms with Gasteiger partial charge >= 0.3 is 0 Å². The molecule has 1 aromatic rings. The summed E-state index contributed by atoms with van der Waals surface area (Å²) in [5.41, 5.74) is 1.15. The molecule has 0 aliphatic carbocycles. The van der Waals surface area contributed by atoms with Crippen LogP contribution in [0.25, 0.3) is 5.57 Å². The van der Waals surface area contributed by atoms with Crippen LogP contribution in [-0.4, -0.2) is 10.9 Å². The first-order chi connectivity index (χ1) is 6.13. The van der Waals surface area contributed by atoms with Gasteiger partial charge in [-0.1, -0.05) is 30.3 Å². The van der Waals surface area contributed by atoms with Gasteiger partial charge in [0.1, 0.15) is 5.76 Å². The molecule has 0 bridgehead atoms. The van der Waals surface area contributed by atoms with Gasteiger partial charge in [0, 0.05) is 0 Å². The Morgan fingerprint density at radius 2 is 1.69 bits per heavy atom. The number of aliphatic hydroxyl groups excluding tert-OH is 1. The van der Waals surface area contributed by atoms with Crippen molar-refractivity contribution in [3.63, 3.8) is 0 Å². The Balaban J connectivity index is 3.20. The molecule has 1 N–H and O–H groups in total. The fourth-order valence-electron chi connectivity index (χ4n) is 1.27. The van der Waals surface area contributed by atoms with E-state index in [0.29, 0.717) is 5.57 Å². The predicted molar refractivity (Wildman–Crippen MR) is 52.3 cm³/mol. The van der Waals surface area contributed by atoms with Crippen molar-refractivity contribution in [3.8, 4) is 0 Å². The fourth-order valence-corrected chi connectivity index (χ4v) is 1.27. The molecular weight excluding hydrogens is 164 g/mol. The van der Waals surface area contributed by atoms with E-state index in [1.54, 1.807) is 12.1 Å². The molecule has 68 valence electrons. The van der Waals surface area contributed by atoms with Crippen LogP contribution in [0.5, 0.6) is 0 Å². The van der Waals surface area contributed by atoms with Crippen molar-refractivity contribution < 1.29 is 9.90 Å². The van der Waals surface area contributed by atoms with Gasteiger partial charge in [-0.25, -0.2) is 0 Å². The number of ketones is 1. The highest BCUT2D eigenvalue weighted by atomic mass is 16.3.